The molecule has 0 radical (unpaired) electrons. The summed E-state index contributed by atoms with van der Waals surface area (Å²) >= 11 is 0. The number of amides is 1. The Kier molecular flexibility index (Phi) is 6.58. The minimum atomic E-state index is -1.03. The van der Waals surface area contributed by atoms with Gasteiger partial charge in [-0.25, -0.2) is 0 Å². The molecule has 1 aliphatic heterocycles. The Morgan fingerprint density at radius 2 is 1.62 bits per heavy atom. The number of benzene rings is 2. The highest BCUT2D eigenvalue weighted by Crippen LogP contribution is 2.49. The highest BCUT2D eigenvalue weighted by molar-refractivity contribution is 5.85. The van der Waals surface area contributed by atoms with Crippen LogP contribution in [0.25, 0.3) is 0 Å². The second-order valence-corrected chi connectivity index (χ2v) is 8.81. The molecule has 2 aromatic carbocycles. The fourth-order valence-corrected chi connectivity index (χ4v) is 4.72. The SMILES string of the molecule is CN(C)C(=O)C(c1ccc(OCc2ccccc2)cc1)C1(N=O)CCC2(CC1)OCCO2. The van der Waals surface area contributed by atoms with Gasteiger partial charge in [0.2, 0.25) is 5.91 Å². The molecule has 1 unspecified atom stereocenters. The summed E-state index contributed by atoms with van der Waals surface area (Å²) in [4.78, 5) is 27.0. The summed E-state index contributed by atoms with van der Waals surface area (Å²) in [6, 6.07) is 17.4. The van der Waals surface area contributed by atoms with Crippen LogP contribution in [0, 0.1) is 4.91 Å². The molecule has 1 saturated carbocycles. The van der Waals surface area contributed by atoms with Gasteiger partial charge in [-0.3, -0.25) is 4.79 Å². The standard InChI is InChI=1S/C25H30N2O5/c1-27(2)23(28)22(24(26-29)12-14-25(15-13-24)31-16-17-32-25)20-8-10-21(11-9-20)30-18-19-6-4-3-5-7-19/h3-11,22H,12-18H2,1-2H3. The zero-order valence-electron chi connectivity index (χ0n) is 18.7. The number of ether oxygens (including phenoxy) is 3. The summed E-state index contributed by atoms with van der Waals surface area (Å²) in [5.74, 6) is -0.726. The van der Waals surface area contributed by atoms with Gasteiger partial charge in [-0.2, -0.15) is 4.91 Å². The predicted octanol–water partition coefficient (Wildman–Crippen LogP) is 4.26. The van der Waals surface area contributed by atoms with Crippen molar-refractivity contribution in [3.8, 4) is 5.75 Å². The number of hydrogen-bond donors (Lipinski definition) is 0. The topological polar surface area (TPSA) is 77.4 Å². The second kappa shape index (κ2) is 9.38. The maximum absolute atomic E-state index is 13.2. The number of nitroso groups, excluding NO2 is 1. The fraction of sp³-hybridized carbons (Fsp3) is 0.480. The number of likely N-dealkylation sites (N-methyl/N-ethyl adjacent to an activating group) is 1. The summed E-state index contributed by atoms with van der Waals surface area (Å²) in [5.41, 5.74) is 0.808. The van der Waals surface area contributed by atoms with E-state index in [0.717, 1.165) is 11.1 Å². The van der Waals surface area contributed by atoms with Gasteiger partial charge in [-0.15, -0.1) is 0 Å². The van der Waals surface area contributed by atoms with Crippen LogP contribution >= 0.6 is 0 Å². The maximum atomic E-state index is 13.2. The van der Waals surface area contributed by atoms with Crippen LogP contribution in [0.1, 0.15) is 42.7 Å². The largest absolute Gasteiger partial charge is 0.489 e. The second-order valence-electron chi connectivity index (χ2n) is 8.81. The van der Waals surface area contributed by atoms with Crippen LogP contribution in [0.4, 0.5) is 0 Å². The first-order chi connectivity index (χ1) is 15.5. The van der Waals surface area contributed by atoms with Crippen LogP contribution < -0.4 is 4.74 Å². The number of carbonyl (C=O) groups excluding carboxylic acids is 1. The molecule has 4 rings (SSSR count). The van der Waals surface area contributed by atoms with Crippen molar-refractivity contribution < 1.29 is 19.0 Å². The molecular weight excluding hydrogens is 408 g/mol. The Labute approximate surface area is 188 Å². The van der Waals surface area contributed by atoms with Gasteiger partial charge in [0, 0.05) is 26.9 Å². The zero-order chi connectivity index (χ0) is 22.6. The summed E-state index contributed by atoms with van der Waals surface area (Å²) in [7, 11) is 3.41. The molecule has 1 aliphatic carbocycles. The van der Waals surface area contributed by atoms with Crippen LogP contribution in [0.15, 0.2) is 59.8 Å². The van der Waals surface area contributed by atoms with Crippen LogP contribution in [-0.2, 0) is 20.9 Å². The third-order valence-corrected chi connectivity index (χ3v) is 6.56. The normalized spacial score (nSPS) is 19.9. The van der Waals surface area contributed by atoms with Crippen molar-refractivity contribution >= 4 is 5.91 Å². The van der Waals surface area contributed by atoms with Gasteiger partial charge in [0.05, 0.1) is 19.1 Å². The monoisotopic (exact) mass is 438 g/mol. The van der Waals surface area contributed by atoms with Gasteiger partial charge in [-0.05, 0) is 36.1 Å². The summed E-state index contributed by atoms with van der Waals surface area (Å²) in [5, 5.41) is 3.57. The average molecular weight is 439 g/mol. The Morgan fingerprint density at radius 3 is 2.19 bits per heavy atom. The van der Waals surface area contributed by atoms with Crippen molar-refractivity contribution in [1.29, 1.82) is 0 Å². The molecule has 2 aromatic rings. The minimum absolute atomic E-state index is 0.133. The number of nitrogens with zero attached hydrogens (tertiary/aromatic N) is 2. The molecular formula is C25H30N2O5. The number of rotatable bonds is 7. The summed E-state index contributed by atoms with van der Waals surface area (Å²) in [6.45, 7) is 1.58. The van der Waals surface area contributed by atoms with Crippen molar-refractivity contribution in [3.05, 3.63) is 70.6 Å². The van der Waals surface area contributed by atoms with Crippen molar-refractivity contribution in [3.63, 3.8) is 0 Å². The highest BCUT2D eigenvalue weighted by Gasteiger charge is 2.53. The van der Waals surface area contributed by atoms with Crippen LogP contribution in [0.2, 0.25) is 0 Å². The molecule has 1 heterocycles. The molecule has 170 valence electrons. The van der Waals surface area contributed by atoms with E-state index in [1.807, 2.05) is 54.6 Å². The first-order valence-corrected chi connectivity index (χ1v) is 11.1. The van der Waals surface area contributed by atoms with Crippen LogP contribution in [0.5, 0.6) is 5.75 Å². The first kappa shape index (κ1) is 22.4. The van der Waals surface area contributed by atoms with Gasteiger partial charge in [0.1, 0.15) is 17.9 Å². The molecule has 0 aromatic heterocycles. The van der Waals surface area contributed by atoms with Crippen molar-refractivity contribution in [2.24, 2.45) is 5.18 Å². The van der Waals surface area contributed by atoms with Gasteiger partial charge >= 0.3 is 0 Å². The lowest BCUT2D eigenvalue weighted by atomic mass is 9.68. The molecule has 1 saturated heterocycles. The van der Waals surface area contributed by atoms with E-state index in [1.54, 1.807) is 14.1 Å². The van der Waals surface area contributed by atoms with E-state index in [4.69, 9.17) is 14.2 Å². The zero-order valence-corrected chi connectivity index (χ0v) is 18.7. The Balaban J connectivity index is 1.54. The molecule has 0 bridgehead atoms. The summed E-state index contributed by atoms with van der Waals surface area (Å²) in [6.07, 6.45) is 1.97. The lowest BCUT2D eigenvalue weighted by molar-refractivity contribution is -0.186. The molecule has 2 aliphatic rings. The molecule has 2 fully saturated rings. The Bertz CT molecular complexity index is 913. The Hall–Kier alpha value is -2.77. The average Bonchev–Trinajstić information content (AvgIpc) is 3.29. The fourth-order valence-electron chi connectivity index (χ4n) is 4.72. The van der Waals surface area contributed by atoms with E-state index in [-0.39, 0.29) is 5.91 Å². The maximum Gasteiger partial charge on any atom is 0.232 e. The molecule has 1 spiro atoms. The third kappa shape index (κ3) is 4.54. The predicted molar refractivity (Wildman–Crippen MR) is 120 cm³/mol. The van der Waals surface area contributed by atoms with Crippen molar-refractivity contribution in [1.82, 2.24) is 4.90 Å². The van der Waals surface area contributed by atoms with Crippen molar-refractivity contribution in [2.45, 2.75) is 49.5 Å². The molecule has 1 atom stereocenters. The lowest BCUT2D eigenvalue weighted by Crippen LogP contribution is -2.49. The van der Waals surface area contributed by atoms with Crippen LogP contribution in [-0.4, -0.2) is 49.4 Å². The number of carbonyl (C=O) groups is 1. The third-order valence-electron chi connectivity index (χ3n) is 6.56. The van der Waals surface area contributed by atoms with E-state index in [9.17, 15) is 9.70 Å². The highest BCUT2D eigenvalue weighted by atomic mass is 16.7. The van der Waals surface area contributed by atoms with Crippen molar-refractivity contribution in [2.75, 3.05) is 27.3 Å². The van der Waals surface area contributed by atoms with Gasteiger partial charge < -0.3 is 19.1 Å². The quantitative estimate of drug-likeness (QED) is 0.604. The van der Waals surface area contributed by atoms with E-state index >= 15 is 0 Å². The number of hydrogen-bond acceptors (Lipinski definition) is 6. The molecule has 7 heteroatoms. The lowest BCUT2D eigenvalue weighted by Gasteiger charge is -2.43. The van der Waals surface area contributed by atoms with E-state index in [2.05, 4.69) is 5.18 Å². The van der Waals surface area contributed by atoms with E-state index < -0.39 is 17.2 Å². The molecule has 7 nitrogen and oxygen atoms in total. The van der Waals surface area contributed by atoms with Gasteiger partial charge in [-0.1, -0.05) is 47.6 Å². The van der Waals surface area contributed by atoms with E-state index in [1.165, 1.54) is 4.90 Å². The summed E-state index contributed by atoms with van der Waals surface area (Å²) < 4.78 is 17.5. The smallest absolute Gasteiger partial charge is 0.232 e. The molecule has 32 heavy (non-hydrogen) atoms. The molecule has 1 amide bonds. The van der Waals surface area contributed by atoms with Gasteiger partial charge in [0.15, 0.2) is 5.79 Å². The minimum Gasteiger partial charge on any atom is -0.489 e. The van der Waals surface area contributed by atoms with Crippen LogP contribution in [0.3, 0.4) is 0 Å². The first-order valence-electron chi connectivity index (χ1n) is 11.1. The van der Waals surface area contributed by atoms with E-state index in [0.29, 0.717) is 51.3 Å². The Morgan fingerprint density at radius 1 is 1.00 bits per heavy atom. The molecule has 0 N–H and O–H groups in total. The van der Waals surface area contributed by atoms with Gasteiger partial charge in [0.25, 0.3) is 0 Å².